The van der Waals surface area contributed by atoms with E-state index >= 15 is 0 Å². The topological polar surface area (TPSA) is 98.9 Å². The zero-order chi connectivity index (χ0) is 14.4. The van der Waals surface area contributed by atoms with Crippen molar-refractivity contribution in [3.8, 4) is 11.5 Å². The molecule has 0 saturated carbocycles. The Kier molecular flexibility index (Phi) is 2.64. The molecule has 3 aromatic rings. The van der Waals surface area contributed by atoms with Crippen molar-refractivity contribution in [3.63, 3.8) is 0 Å². The fourth-order valence-electron chi connectivity index (χ4n) is 2.11. The summed E-state index contributed by atoms with van der Waals surface area (Å²) in [5.41, 5.74) is 8.08. The molecule has 0 bridgehead atoms. The molecule has 0 unspecified atom stereocenters. The number of aromatic amines is 1. The zero-order valence-corrected chi connectivity index (χ0v) is 11.9. The molecule has 0 amide bonds. The molecule has 21 heavy (non-hydrogen) atoms. The van der Waals surface area contributed by atoms with Gasteiger partial charge in [-0.1, -0.05) is 11.8 Å². The lowest BCUT2D eigenvalue weighted by molar-refractivity contribution is 0.174. The average molecular weight is 301 g/mol. The third kappa shape index (κ3) is 2.04. The van der Waals surface area contributed by atoms with Gasteiger partial charge in [0, 0.05) is 4.90 Å². The van der Waals surface area contributed by atoms with Gasteiger partial charge in [-0.25, -0.2) is 15.0 Å². The fourth-order valence-corrected chi connectivity index (χ4v) is 2.99. The number of nitrogens with one attached hydrogen (secondary N) is 1. The zero-order valence-electron chi connectivity index (χ0n) is 11.1. The van der Waals surface area contributed by atoms with Crippen LogP contribution in [0.4, 0.5) is 5.82 Å². The first-order valence-electron chi connectivity index (χ1n) is 6.25. The number of imidazole rings is 1. The normalized spacial score (nSPS) is 13.0. The lowest BCUT2D eigenvalue weighted by Crippen LogP contribution is -1.92. The molecule has 1 aromatic carbocycles. The second-order valence-corrected chi connectivity index (χ2v) is 5.60. The summed E-state index contributed by atoms with van der Waals surface area (Å²) in [7, 11) is 0. The van der Waals surface area contributed by atoms with Crippen LogP contribution in [-0.2, 0) is 0 Å². The highest BCUT2D eigenvalue weighted by atomic mass is 32.2. The second-order valence-electron chi connectivity index (χ2n) is 4.57. The molecule has 0 radical (unpaired) electrons. The number of ether oxygens (including phenoxy) is 2. The molecule has 1 aliphatic heterocycles. The number of nitrogens with two attached hydrogens (primary N) is 1. The minimum absolute atomic E-state index is 0.264. The van der Waals surface area contributed by atoms with Crippen LogP contribution in [0, 0.1) is 6.92 Å². The van der Waals surface area contributed by atoms with Gasteiger partial charge >= 0.3 is 0 Å². The summed E-state index contributed by atoms with van der Waals surface area (Å²) in [4.78, 5) is 16.6. The van der Waals surface area contributed by atoms with E-state index in [1.807, 2.05) is 19.1 Å². The fraction of sp³-hybridized carbons (Fsp3) is 0.154. The van der Waals surface area contributed by atoms with Gasteiger partial charge in [-0.05, 0) is 24.6 Å². The maximum absolute atomic E-state index is 5.79. The Morgan fingerprint density at radius 3 is 2.86 bits per heavy atom. The molecule has 2 aromatic heterocycles. The molecule has 8 heteroatoms. The van der Waals surface area contributed by atoms with Gasteiger partial charge in [-0.2, -0.15) is 0 Å². The molecule has 0 aliphatic carbocycles. The van der Waals surface area contributed by atoms with Gasteiger partial charge in [0.2, 0.25) is 6.79 Å². The van der Waals surface area contributed by atoms with E-state index in [1.54, 1.807) is 0 Å². The van der Waals surface area contributed by atoms with E-state index < -0.39 is 0 Å². The van der Waals surface area contributed by atoms with Gasteiger partial charge in [0.15, 0.2) is 33.6 Å². The Bertz CT molecular complexity index is 848. The van der Waals surface area contributed by atoms with Crippen LogP contribution in [0.5, 0.6) is 11.5 Å². The number of benzene rings is 1. The minimum atomic E-state index is 0.264. The smallest absolute Gasteiger partial charge is 0.231 e. The number of hydrogen-bond acceptors (Lipinski definition) is 7. The van der Waals surface area contributed by atoms with Crippen molar-refractivity contribution in [2.75, 3.05) is 12.5 Å². The molecule has 4 rings (SSSR count). The third-order valence-corrected chi connectivity index (χ3v) is 4.21. The number of hydrogen-bond donors (Lipinski definition) is 2. The largest absolute Gasteiger partial charge is 0.454 e. The number of anilines is 1. The van der Waals surface area contributed by atoms with E-state index in [4.69, 9.17) is 15.2 Å². The van der Waals surface area contributed by atoms with Crippen LogP contribution in [0.25, 0.3) is 11.2 Å². The van der Waals surface area contributed by atoms with Gasteiger partial charge in [0.25, 0.3) is 0 Å². The summed E-state index contributed by atoms with van der Waals surface area (Å²) >= 11 is 1.49. The van der Waals surface area contributed by atoms with Crippen LogP contribution in [0.1, 0.15) is 5.56 Å². The Balaban J connectivity index is 1.73. The highest BCUT2D eigenvalue weighted by Crippen LogP contribution is 2.40. The first-order valence-corrected chi connectivity index (χ1v) is 7.06. The Morgan fingerprint density at radius 1 is 1.24 bits per heavy atom. The second kappa shape index (κ2) is 4.52. The van der Waals surface area contributed by atoms with Crippen LogP contribution in [0.2, 0.25) is 0 Å². The van der Waals surface area contributed by atoms with E-state index in [0.717, 1.165) is 22.0 Å². The minimum Gasteiger partial charge on any atom is -0.454 e. The number of aromatic nitrogens is 4. The molecule has 106 valence electrons. The number of H-pyrrole nitrogens is 1. The van der Waals surface area contributed by atoms with Gasteiger partial charge in [0.1, 0.15) is 6.33 Å². The molecule has 3 heterocycles. The predicted octanol–water partition coefficient (Wildman–Crippen LogP) is 2.12. The van der Waals surface area contributed by atoms with Crippen molar-refractivity contribution in [2.45, 2.75) is 17.0 Å². The van der Waals surface area contributed by atoms with Crippen LogP contribution in [-0.4, -0.2) is 26.7 Å². The molecule has 0 saturated heterocycles. The maximum atomic E-state index is 5.79. The van der Waals surface area contributed by atoms with E-state index in [9.17, 15) is 0 Å². The van der Waals surface area contributed by atoms with Crippen LogP contribution >= 0.6 is 11.8 Å². The first-order chi connectivity index (χ1) is 10.2. The number of nitrogens with zero attached hydrogens (tertiary/aromatic N) is 3. The lowest BCUT2D eigenvalue weighted by Gasteiger charge is -2.05. The molecular formula is C13H11N5O2S. The maximum Gasteiger partial charge on any atom is 0.231 e. The highest BCUT2D eigenvalue weighted by Gasteiger charge is 2.17. The standard InChI is InChI=1S/C13H11N5O2S/c1-6-2-7-8(20-5-19-7)3-9(6)21-13-17-10-11(14)15-4-16-12(10)18-13/h2-4H,5H2,1H3,(H3,14,15,16,17,18). The summed E-state index contributed by atoms with van der Waals surface area (Å²) < 4.78 is 10.8. The molecule has 1 aliphatic rings. The number of rotatable bonds is 2. The van der Waals surface area contributed by atoms with E-state index in [0.29, 0.717) is 22.1 Å². The summed E-state index contributed by atoms with van der Waals surface area (Å²) in [6.07, 6.45) is 1.41. The summed E-state index contributed by atoms with van der Waals surface area (Å²) in [5.74, 6) is 1.89. The monoisotopic (exact) mass is 301 g/mol. The van der Waals surface area contributed by atoms with Crippen molar-refractivity contribution < 1.29 is 9.47 Å². The van der Waals surface area contributed by atoms with Gasteiger partial charge < -0.3 is 20.2 Å². The molecule has 0 atom stereocenters. The van der Waals surface area contributed by atoms with Gasteiger partial charge in [0.05, 0.1) is 0 Å². The molecule has 7 nitrogen and oxygen atoms in total. The lowest BCUT2D eigenvalue weighted by atomic mass is 10.2. The van der Waals surface area contributed by atoms with Crippen molar-refractivity contribution in [1.82, 2.24) is 19.9 Å². The quantitative estimate of drug-likeness (QED) is 0.748. The molecule has 0 fully saturated rings. The van der Waals surface area contributed by atoms with E-state index in [-0.39, 0.29) is 6.79 Å². The van der Waals surface area contributed by atoms with E-state index in [1.165, 1.54) is 18.1 Å². The average Bonchev–Trinajstić information content (AvgIpc) is 3.06. The number of aryl methyl sites for hydroxylation is 1. The Morgan fingerprint density at radius 2 is 2.05 bits per heavy atom. The number of fused-ring (bicyclic) bond motifs is 2. The van der Waals surface area contributed by atoms with Gasteiger partial charge in [-0.15, -0.1) is 0 Å². The van der Waals surface area contributed by atoms with Crippen molar-refractivity contribution in [1.29, 1.82) is 0 Å². The molecular weight excluding hydrogens is 290 g/mol. The summed E-state index contributed by atoms with van der Waals surface area (Å²) in [6, 6.07) is 3.91. The third-order valence-electron chi connectivity index (χ3n) is 3.17. The van der Waals surface area contributed by atoms with Crippen molar-refractivity contribution in [3.05, 3.63) is 24.0 Å². The van der Waals surface area contributed by atoms with E-state index in [2.05, 4.69) is 19.9 Å². The van der Waals surface area contributed by atoms with Crippen LogP contribution in [0.3, 0.4) is 0 Å². The van der Waals surface area contributed by atoms with Gasteiger partial charge in [-0.3, -0.25) is 0 Å². The number of nitrogen functional groups attached to an aromatic ring is 1. The van der Waals surface area contributed by atoms with Crippen molar-refractivity contribution in [2.24, 2.45) is 0 Å². The molecule has 0 spiro atoms. The SMILES string of the molecule is Cc1cc2c(cc1Sc1nc3c(N)ncnc3[nH]1)OCO2. The van der Waals surface area contributed by atoms with Crippen LogP contribution in [0.15, 0.2) is 28.5 Å². The van der Waals surface area contributed by atoms with Crippen molar-refractivity contribution >= 4 is 28.7 Å². The predicted molar refractivity (Wildman–Crippen MR) is 77.5 cm³/mol. The molecule has 3 N–H and O–H groups in total. The summed E-state index contributed by atoms with van der Waals surface area (Å²) in [5, 5.41) is 0.708. The Hall–Kier alpha value is -2.48. The first kappa shape index (κ1) is 12.3. The highest BCUT2D eigenvalue weighted by molar-refractivity contribution is 7.99. The Labute approximate surface area is 123 Å². The summed E-state index contributed by atoms with van der Waals surface area (Å²) in [6.45, 7) is 2.28. The van der Waals surface area contributed by atoms with Crippen LogP contribution < -0.4 is 15.2 Å².